The van der Waals surface area contributed by atoms with Crippen LogP contribution in [0, 0.1) is 0 Å². The molecular formula is C12H17N3OS. The quantitative estimate of drug-likeness (QED) is 0.762. The minimum absolute atomic E-state index is 0.750. The molecule has 0 fully saturated rings. The van der Waals surface area contributed by atoms with Gasteiger partial charge in [0, 0.05) is 38.0 Å². The van der Waals surface area contributed by atoms with E-state index in [0.29, 0.717) is 0 Å². The summed E-state index contributed by atoms with van der Waals surface area (Å²) in [5.74, 6) is 0. The fraction of sp³-hybridized carbons (Fsp3) is 0.417. The molecule has 0 spiro atoms. The number of nitrogens with zero attached hydrogens (tertiary/aromatic N) is 2. The first-order valence-corrected chi connectivity index (χ1v) is 6.54. The number of ether oxygens (including phenoxy) is 1. The molecule has 0 atom stereocenters. The van der Waals surface area contributed by atoms with Crippen molar-refractivity contribution in [1.29, 1.82) is 0 Å². The first-order chi connectivity index (χ1) is 8.38. The third-order valence-corrected chi connectivity index (χ3v) is 3.09. The summed E-state index contributed by atoms with van der Waals surface area (Å²) in [4.78, 5) is 4.27. The molecule has 0 aromatic carbocycles. The van der Waals surface area contributed by atoms with Gasteiger partial charge in [0.25, 0.3) is 0 Å². The van der Waals surface area contributed by atoms with E-state index in [1.165, 1.54) is 5.56 Å². The Morgan fingerprint density at radius 1 is 1.53 bits per heavy atom. The van der Waals surface area contributed by atoms with Crippen LogP contribution in [0.2, 0.25) is 0 Å². The summed E-state index contributed by atoms with van der Waals surface area (Å²) in [5.41, 5.74) is 4.27. The maximum atomic E-state index is 4.98. The predicted octanol–water partition coefficient (Wildman–Crippen LogP) is 1.73. The van der Waals surface area contributed by atoms with Gasteiger partial charge in [0.1, 0.15) is 0 Å². The molecule has 5 heteroatoms. The lowest BCUT2D eigenvalue weighted by Crippen LogP contribution is -2.18. The van der Waals surface area contributed by atoms with Crippen LogP contribution in [0.25, 0.3) is 0 Å². The number of hydrogen-bond donors (Lipinski definition) is 1. The molecule has 0 aliphatic carbocycles. The lowest BCUT2D eigenvalue weighted by Gasteiger charge is -2.02. The van der Waals surface area contributed by atoms with E-state index >= 15 is 0 Å². The summed E-state index contributed by atoms with van der Waals surface area (Å²) in [6, 6.07) is 2.13. The van der Waals surface area contributed by atoms with E-state index in [0.717, 1.165) is 31.9 Å². The van der Waals surface area contributed by atoms with Crippen LogP contribution in [0.15, 0.2) is 29.4 Å². The molecule has 17 heavy (non-hydrogen) atoms. The van der Waals surface area contributed by atoms with Crippen LogP contribution in [0.1, 0.15) is 11.3 Å². The molecule has 0 unspecified atom stereocenters. The van der Waals surface area contributed by atoms with Crippen LogP contribution >= 0.6 is 11.3 Å². The molecule has 0 radical (unpaired) electrons. The Balaban J connectivity index is 1.79. The summed E-state index contributed by atoms with van der Waals surface area (Å²) in [6.45, 7) is 3.36. The van der Waals surface area contributed by atoms with Gasteiger partial charge in [-0.1, -0.05) is 0 Å². The first-order valence-electron chi connectivity index (χ1n) is 5.60. The molecule has 0 saturated heterocycles. The van der Waals surface area contributed by atoms with Gasteiger partial charge in [0.2, 0.25) is 0 Å². The average Bonchev–Trinajstić information content (AvgIpc) is 2.97. The SMILES string of the molecule is COCCNCc1ccn(Cc2cscn2)c1. The smallest absolute Gasteiger partial charge is 0.0795 e. The fourth-order valence-corrected chi connectivity index (χ4v) is 2.15. The van der Waals surface area contributed by atoms with Gasteiger partial charge in [-0.25, -0.2) is 4.98 Å². The second-order valence-electron chi connectivity index (χ2n) is 3.84. The topological polar surface area (TPSA) is 39.1 Å². The zero-order valence-electron chi connectivity index (χ0n) is 9.93. The van der Waals surface area contributed by atoms with Gasteiger partial charge in [-0.3, -0.25) is 0 Å². The number of thiazole rings is 1. The van der Waals surface area contributed by atoms with Crippen molar-refractivity contribution in [2.75, 3.05) is 20.3 Å². The van der Waals surface area contributed by atoms with Crippen LogP contribution in [-0.4, -0.2) is 29.8 Å². The van der Waals surface area contributed by atoms with Crippen molar-refractivity contribution in [2.45, 2.75) is 13.1 Å². The van der Waals surface area contributed by atoms with Crippen LogP contribution in [0.3, 0.4) is 0 Å². The Labute approximate surface area is 105 Å². The third kappa shape index (κ3) is 3.96. The minimum Gasteiger partial charge on any atom is -0.383 e. The molecule has 2 aromatic heterocycles. The molecule has 0 aliphatic rings. The molecule has 0 saturated carbocycles. The summed E-state index contributed by atoms with van der Waals surface area (Å²) in [7, 11) is 1.71. The van der Waals surface area contributed by atoms with E-state index in [1.54, 1.807) is 18.4 Å². The standard InChI is InChI=1S/C12H17N3OS/c1-16-5-3-13-6-11-2-4-15(7-11)8-12-9-17-10-14-12/h2,4,7,9-10,13H,3,5-6,8H2,1H3. The number of nitrogens with one attached hydrogen (secondary N) is 1. The number of hydrogen-bond acceptors (Lipinski definition) is 4. The lowest BCUT2D eigenvalue weighted by molar-refractivity contribution is 0.199. The van der Waals surface area contributed by atoms with Gasteiger partial charge < -0.3 is 14.6 Å². The summed E-state index contributed by atoms with van der Waals surface area (Å²) < 4.78 is 7.14. The monoisotopic (exact) mass is 251 g/mol. The first kappa shape index (κ1) is 12.3. The molecule has 0 aliphatic heterocycles. The molecule has 92 valence electrons. The number of aromatic nitrogens is 2. The van der Waals surface area contributed by atoms with Gasteiger partial charge in [-0.05, 0) is 11.6 Å². The van der Waals surface area contributed by atoms with Crippen LogP contribution < -0.4 is 5.32 Å². The Morgan fingerprint density at radius 3 is 3.24 bits per heavy atom. The predicted molar refractivity (Wildman–Crippen MR) is 69.2 cm³/mol. The number of methoxy groups -OCH3 is 1. The van der Waals surface area contributed by atoms with Crippen molar-refractivity contribution < 1.29 is 4.74 Å². The van der Waals surface area contributed by atoms with Crippen molar-refractivity contribution in [1.82, 2.24) is 14.9 Å². The molecule has 1 N–H and O–H groups in total. The van der Waals surface area contributed by atoms with E-state index < -0.39 is 0 Å². The highest BCUT2D eigenvalue weighted by atomic mass is 32.1. The van der Waals surface area contributed by atoms with Crippen molar-refractivity contribution >= 4 is 11.3 Å². The van der Waals surface area contributed by atoms with Crippen LogP contribution in [0.5, 0.6) is 0 Å². The largest absolute Gasteiger partial charge is 0.383 e. The molecular weight excluding hydrogens is 234 g/mol. The van der Waals surface area contributed by atoms with E-state index in [4.69, 9.17) is 4.74 Å². The molecule has 4 nitrogen and oxygen atoms in total. The van der Waals surface area contributed by atoms with Gasteiger partial charge in [-0.15, -0.1) is 11.3 Å². The molecule has 2 rings (SSSR count). The second kappa shape index (κ2) is 6.54. The van der Waals surface area contributed by atoms with E-state index in [2.05, 4.69) is 38.7 Å². The van der Waals surface area contributed by atoms with Gasteiger partial charge in [0.05, 0.1) is 24.4 Å². The highest BCUT2D eigenvalue weighted by Gasteiger charge is 1.99. The van der Waals surface area contributed by atoms with Gasteiger partial charge in [0.15, 0.2) is 0 Å². The second-order valence-corrected chi connectivity index (χ2v) is 4.56. The summed E-state index contributed by atoms with van der Waals surface area (Å²) in [5, 5.41) is 5.40. The molecule has 2 heterocycles. The van der Waals surface area contributed by atoms with Crippen LogP contribution in [-0.2, 0) is 17.8 Å². The Morgan fingerprint density at radius 2 is 2.47 bits per heavy atom. The van der Waals surface area contributed by atoms with Crippen molar-refractivity contribution in [3.63, 3.8) is 0 Å². The average molecular weight is 251 g/mol. The van der Waals surface area contributed by atoms with Gasteiger partial charge >= 0.3 is 0 Å². The van der Waals surface area contributed by atoms with E-state index in [9.17, 15) is 0 Å². The normalized spacial score (nSPS) is 10.9. The molecule has 2 aromatic rings. The highest BCUT2D eigenvalue weighted by Crippen LogP contribution is 2.06. The van der Waals surface area contributed by atoms with Crippen molar-refractivity contribution in [3.05, 3.63) is 40.6 Å². The highest BCUT2D eigenvalue weighted by molar-refractivity contribution is 7.07. The Kier molecular flexibility index (Phi) is 4.73. The third-order valence-electron chi connectivity index (χ3n) is 2.45. The Hall–Kier alpha value is -1.17. The zero-order chi connectivity index (χ0) is 11.9. The minimum atomic E-state index is 0.750. The van der Waals surface area contributed by atoms with Gasteiger partial charge in [-0.2, -0.15) is 0 Å². The molecule has 0 bridgehead atoms. The summed E-state index contributed by atoms with van der Waals surface area (Å²) >= 11 is 1.63. The Bertz CT molecular complexity index is 425. The maximum Gasteiger partial charge on any atom is 0.0795 e. The van der Waals surface area contributed by atoms with Crippen LogP contribution in [0.4, 0.5) is 0 Å². The maximum absolute atomic E-state index is 4.98. The number of rotatable bonds is 7. The zero-order valence-corrected chi connectivity index (χ0v) is 10.7. The lowest BCUT2D eigenvalue weighted by atomic mass is 10.3. The molecule has 0 amide bonds. The van der Waals surface area contributed by atoms with E-state index in [-0.39, 0.29) is 0 Å². The summed E-state index contributed by atoms with van der Waals surface area (Å²) in [6.07, 6.45) is 4.24. The van der Waals surface area contributed by atoms with E-state index in [1.807, 2.05) is 5.51 Å². The van der Waals surface area contributed by atoms with Crippen molar-refractivity contribution in [2.24, 2.45) is 0 Å². The van der Waals surface area contributed by atoms with Crippen molar-refractivity contribution in [3.8, 4) is 0 Å². The fourth-order valence-electron chi connectivity index (χ4n) is 1.60.